The van der Waals surface area contributed by atoms with Gasteiger partial charge in [0, 0.05) is 55.9 Å². The van der Waals surface area contributed by atoms with Crippen LogP contribution in [0.2, 0.25) is 0 Å². The van der Waals surface area contributed by atoms with E-state index in [0.717, 1.165) is 44.6 Å². The molecule has 7 heteroatoms. The molecule has 1 fully saturated rings. The number of anilines is 2. The second-order valence-electron chi connectivity index (χ2n) is 8.39. The van der Waals surface area contributed by atoms with E-state index in [1.165, 1.54) is 5.56 Å². The molecule has 2 aromatic carbocycles. The average molecular weight is 451 g/mol. The third-order valence-corrected chi connectivity index (χ3v) is 6.04. The van der Waals surface area contributed by atoms with Gasteiger partial charge >= 0.3 is 0 Å². The van der Waals surface area contributed by atoms with Crippen molar-refractivity contribution in [1.82, 2.24) is 4.90 Å². The highest BCUT2D eigenvalue weighted by Gasteiger charge is 2.28. The first-order chi connectivity index (χ1) is 16.0. The number of hydrogen-bond donors (Lipinski definition) is 1. The van der Waals surface area contributed by atoms with Crippen molar-refractivity contribution in [2.45, 2.75) is 51.5 Å². The van der Waals surface area contributed by atoms with Gasteiger partial charge in [0.2, 0.25) is 11.8 Å². The zero-order valence-electron chi connectivity index (χ0n) is 19.2. The first-order valence-electron chi connectivity index (χ1n) is 11.6. The van der Waals surface area contributed by atoms with E-state index >= 15 is 0 Å². The van der Waals surface area contributed by atoms with Crippen molar-refractivity contribution in [3.63, 3.8) is 0 Å². The Bertz CT molecular complexity index is 922. The fraction of sp³-hybridized carbons (Fsp3) is 0.423. The van der Waals surface area contributed by atoms with Crippen molar-refractivity contribution in [1.29, 1.82) is 0 Å². The molecule has 0 saturated carbocycles. The van der Waals surface area contributed by atoms with Crippen molar-refractivity contribution in [2.75, 3.05) is 29.9 Å². The van der Waals surface area contributed by atoms with E-state index in [2.05, 4.69) is 34.5 Å². The van der Waals surface area contributed by atoms with Crippen molar-refractivity contribution in [3.05, 3.63) is 60.2 Å². The van der Waals surface area contributed by atoms with Crippen molar-refractivity contribution >= 4 is 29.2 Å². The molecule has 1 aliphatic rings. The quantitative estimate of drug-likeness (QED) is 0.601. The van der Waals surface area contributed by atoms with Gasteiger partial charge in [0.1, 0.15) is 0 Å². The Balaban J connectivity index is 1.57. The number of nitrogens with zero attached hydrogens (tertiary/aromatic N) is 2. The zero-order chi connectivity index (χ0) is 23.6. The number of carbonyl (C=O) groups is 3. The molecule has 1 heterocycles. The Morgan fingerprint density at radius 2 is 1.67 bits per heavy atom. The first-order valence-corrected chi connectivity index (χ1v) is 11.6. The molecular weight excluding hydrogens is 418 g/mol. The van der Waals surface area contributed by atoms with Crippen LogP contribution in [0.15, 0.2) is 54.6 Å². The molecule has 176 valence electrons. The Hall–Kier alpha value is -3.19. The zero-order valence-corrected chi connectivity index (χ0v) is 19.2. The normalized spacial score (nSPS) is 14.6. The minimum atomic E-state index is -1.25. The van der Waals surface area contributed by atoms with Crippen LogP contribution in [-0.4, -0.2) is 48.4 Å². The molecule has 1 N–H and O–H groups in total. The Morgan fingerprint density at radius 3 is 2.27 bits per heavy atom. The monoisotopic (exact) mass is 450 g/mol. The molecule has 1 saturated heterocycles. The smallest absolute Gasteiger partial charge is 0.226 e. The standard InChI is InChI=1S/C26H33N3O4/c1-2-25(31)29(22-10-8-21(9-11-22)27-24(30)12-13-26(32)33)23-15-18-28(19-16-23)17-14-20-6-4-3-5-7-20/h3-11,23H,2,12-19H2,1H3,(H,27,30)(H,32,33)/p-1. The fourth-order valence-electron chi connectivity index (χ4n) is 4.21. The van der Waals surface area contributed by atoms with E-state index in [1.54, 1.807) is 12.1 Å². The third-order valence-electron chi connectivity index (χ3n) is 6.04. The van der Waals surface area contributed by atoms with Gasteiger partial charge in [0.05, 0.1) is 0 Å². The van der Waals surface area contributed by atoms with Crippen LogP contribution in [0.4, 0.5) is 11.4 Å². The number of piperidine rings is 1. The summed E-state index contributed by atoms with van der Waals surface area (Å²) in [5, 5.41) is 13.2. The maximum absolute atomic E-state index is 12.8. The molecule has 0 aromatic heterocycles. The lowest BCUT2D eigenvalue weighted by Crippen LogP contribution is -2.47. The SMILES string of the molecule is CCC(=O)N(c1ccc(NC(=O)CCC(=O)[O-])cc1)C1CCN(CCc2ccccc2)CC1. The lowest BCUT2D eigenvalue weighted by atomic mass is 10.0. The number of rotatable bonds is 10. The number of amides is 2. The molecule has 1 aliphatic heterocycles. The number of benzene rings is 2. The summed E-state index contributed by atoms with van der Waals surface area (Å²) in [6, 6.07) is 17.8. The lowest BCUT2D eigenvalue weighted by Gasteiger charge is -2.38. The maximum atomic E-state index is 12.8. The van der Waals surface area contributed by atoms with Gasteiger partial charge in [-0.1, -0.05) is 37.3 Å². The number of carbonyl (C=O) groups excluding carboxylic acids is 3. The van der Waals surface area contributed by atoms with E-state index in [1.807, 2.05) is 30.0 Å². The van der Waals surface area contributed by atoms with Crippen LogP contribution in [0.25, 0.3) is 0 Å². The van der Waals surface area contributed by atoms with Crippen LogP contribution in [0.5, 0.6) is 0 Å². The minimum absolute atomic E-state index is 0.0866. The van der Waals surface area contributed by atoms with Crippen molar-refractivity contribution < 1.29 is 19.5 Å². The number of nitrogens with one attached hydrogen (secondary N) is 1. The molecule has 0 aliphatic carbocycles. The molecule has 2 aromatic rings. The van der Waals surface area contributed by atoms with E-state index in [9.17, 15) is 19.5 Å². The van der Waals surface area contributed by atoms with Gasteiger partial charge in [-0.05, 0) is 55.5 Å². The van der Waals surface area contributed by atoms with Crippen LogP contribution in [0.1, 0.15) is 44.6 Å². The Morgan fingerprint density at radius 1 is 1.00 bits per heavy atom. The molecule has 33 heavy (non-hydrogen) atoms. The molecule has 0 radical (unpaired) electrons. The minimum Gasteiger partial charge on any atom is -0.550 e. The highest BCUT2D eigenvalue weighted by Crippen LogP contribution is 2.26. The molecule has 3 rings (SSSR count). The summed E-state index contributed by atoms with van der Waals surface area (Å²) in [5.74, 6) is -1.54. The van der Waals surface area contributed by atoms with Crippen LogP contribution >= 0.6 is 0 Å². The van der Waals surface area contributed by atoms with Gasteiger partial charge in [-0.2, -0.15) is 0 Å². The summed E-state index contributed by atoms with van der Waals surface area (Å²) in [4.78, 5) is 39.5. The molecule has 0 unspecified atom stereocenters. The van der Waals surface area contributed by atoms with Gasteiger partial charge < -0.3 is 25.0 Å². The third kappa shape index (κ3) is 7.43. The number of carboxylic acid groups (broad SMARTS) is 1. The predicted octanol–water partition coefficient (Wildman–Crippen LogP) is 2.61. The van der Waals surface area contributed by atoms with E-state index < -0.39 is 5.97 Å². The fourth-order valence-corrected chi connectivity index (χ4v) is 4.21. The Labute approximate surface area is 195 Å². The van der Waals surface area contributed by atoms with Gasteiger partial charge in [0.15, 0.2) is 0 Å². The van der Waals surface area contributed by atoms with Crippen molar-refractivity contribution in [3.8, 4) is 0 Å². The van der Waals surface area contributed by atoms with Crippen LogP contribution in [0, 0.1) is 0 Å². The maximum Gasteiger partial charge on any atom is 0.226 e. The molecule has 0 bridgehead atoms. The number of hydrogen-bond acceptors (Lipinski definition) is 5. The molecule has 0 atom stereocenters. The van der Waals surface area contributed by atoms with Gasteiger partial charge in [-0.15, -0.1) is 0 Å². The number of carboxylic acids is 1. The summed E-state index contributed by atoms with van der Waals surface area (Å²) in [6.45, 7) is 4.80. The van der Waals surface area contributed by atoms with Crippen molar-refractivity contribution in [2.24, 2.45) is 0 Å². The first kappa shape index (κ1) is 24.5. The second kappa shape index (κ2) is 12.2. The van der Waals surface area contributed by atoms with Crippen LogP contribution in [-0.2, 0) is 20.8 Å². The largest absolute Gasteiger partial charge is 0.550 e. The highest BCUT2D eigenvalue weighted by molar-refractivity contribution is 5.95. The summed E-state index contributed by atoms with van der Waals surface area (Å²) in [7, 11) is 0. The topological polar surface area (TPSA) is 92.8 Å². The van der Waals surface area contributed by atoms with Gasteiger partial charge in [-0.25, -0.2) is 0 Å². The van der Waals surface area contributed by atoms with Gasteiger partial charge in [-0.3, -0.25) is 9.59 Å². The van der Waals surface area contributed by atoms with Gasteiger partial charge in [0.25, 0.3) is 0 Å². The summed E-state index contributed by atoms with van der Waals surface area (Å²) < 4.78 is 0. The molecule has 0 spiro atoms. The summed E-state index contributed by atoms with van der Waals surface area (Å²) >= 11 is 0. The van der Waals surface area contributed by atoms with Crippen LogP contribution < -0.4 is 15.3 Å². The second-order valence-corrected chi connectivity index (χ2v) is 8.39. The summed E-state index contributed by atoms with van der Waals surface area (Å²) in [6.07, 6.45) is 2.85. The number of aliphatic carboxylic acids is 1. The van der Waals surface area contributed by atoms with Crippen LogP contribution in [0.3, 0.4) is 0 Å². The molecule has 2 amide bonds. The average Bonchev–Trinajstić information content (AvgIpc) is 2.84. The number of likely N-dealkylation sites (tertiary alicyclic amines) is 1. The lowest BCUT2D eigenvalue weighted by molar-refractivity contribution is -0.305. The van der Waals surface area contributed by atoms with E-state index in [4.69, 9.17) is 0 Å². The molecular formula is C26H32N3O4-. The van der Waals surface area contributed by atoms with E-state index in [-0.39, 0.29) is 30.7 Å². The highest BCUT2D eigenvalue weighted by atomic mass is 16.4. The van der Waals surface area contributed by atoms with E-state index in [0.29, 0.717) is 12.1 Å². The molecule has 7 nitrogen and oxygen atoms in total. The predicted molar refractivity (Wildman–Crippen MR) is 127 cm³/mol. The Kier molecular flexibility index (Phi) is 9.01. The summed E-state index contributed by atoms with van der Waals surface area (Å²) in [5.41, 5.74) is 2.73.